The SMILES string of the molecule is O=C(COC(=O)CCC(=O)c1cccs1)NCc1ccc(F)cc1. The Bertz CT molecular complexity index is 698. The molecule has 0 saturated heterocycles. The maximum atomic E-state index is 12.7. The zero-order valence-electron chi connectivity index (χ0n) is 12.8. The molecule has 24 heavy (non-hydrogen) atoms. The Balaban J connectivity index is 1.63. The van der Waals surface area contributed by atoms with E-state index < -0.39 is 18.5 Å². The summed E-state index contributed by atoms with van der Waals surface area (Å²) in [5, 5.41) is 4.35. The first-order chi connectivity index (χ1) is 11.5. The van der Waals surface area contributed by atoms with E-state index in [9.17, 15) is 18.8 Å². The topological polar surface area (TPSA) is 72.5 Å². The van der Waals surface area contributed by atoms with Crippen LogP contribution in [0.3, 0.4) is 0 Å². The number of Topliss-reactive ketones (excluding diaryl/α,β-unsaturated/α-hetero) is 1. The molecule has 1 amide bonds. The van der Waals surface area contributed by atoms with Gasteiger partial charge in [0.2, 0.25) is 0 Å². The van der Waals surface area contributed by atoms with Crippen molar-refractivity contribution >= 4 is 29.0 Å². The lowest BCUT2D eigenvalue weighted by Crippen LogP contribution is -2.28. The first kappa shape index (κ1) is 17.8. The van der Waals surface area contributed by atoms with Crippen molar-refractivity contribution in [2.24, 2.45) is 0 Å². The maximum absolute atomic E-state index is 12.7. The first-order valence-electron chi connectivity index (χ1n) is 7.28. The van der Waals surface area contributed by atoms with Gasteiger partial charge in [-0.25, -0.2) is 4.39 Å². The van der Waals surface area contributed by atoms with Crippen molar-refractivity contribution < 1.29 is 23.5 Å². The molecule has 0 aliphatic rings. The molecule has 2 rings (SSSR count). The lowest BCUT2D eigenvalue weighted by atomic mass is 10.2. The Hall–Kier alpha value is -2.54. The minimum atomic E-state index is -0.600. The van der Waals surface area contributed by atoms with E-state index >= 15 is 0 Å². The molecule has 1 heterocycles. The standard InChI is InChI=1S/C17H16FNO4S/c18-13-5-3-12(4-6-13)10-19-16(21)11-23-17(22)8-7-14(20)15-2-1-9-24-15/h1-6,9H,7-8,10-11H2,(H,19,21). The molecule has 0 bridgehead atoms. The summed E-state index contributed by atoms with van der Waals surface area (Å²) in [7, 11) is 0. The third kappa shape index (κ3) is 5.92. The van der Waals surface area contributed by atoms with Gasteiger partial charge in [-0.05, 0) is 29.1 Å². The predicted molar refractivity (Wildman–Crippen MR) is 87.1 cm³/mol. The van der Waals surface area contributed by atoms with Crippen molar-refractivity contribution in [3.8, 4) is 0 Å². The van der Waals surface area contributed by atoms with Crippen LogP contribution in [0.25, 0.3) is 0 Å². The molecule has 7 heteroatoms. The molecule has 0 fully saturated rings. The van der Waals surface area contributed by atoms with E-state index in [1.165, 1.54) is 23.5 Å². The van der Waals surface area contributed by atoms with Crippen LogP contribution in [0.1, 0.15) is 28.1 Å². The quantitative estimate of drug-likeness (QED) is 0.587. The summed E-state index contributed by atoms with van der Waals surface area (Å²) in [4.78, 5) is 35.5. The van der Waals surface area contributed by atoms with Crippen LogP contribution < -0.4 is 5.32 Å². The van der Waals surface area contributed by atoms with Gasteiger partial charge in [-0.2, -0.15) is 0 Å². The largest absolute Gasteiger partial charge is 0.456 e. The summed E-state index contributed by atoms with van der Waals surface area (Å²) in [5.74, 6) is -1.53. The number of esters is 1. The highest BCUT2D eigenvalue weighted by atomic mass is 32.1. The molecule has 0 aliphatic carbocycles. The summed E-state index contributed by atoms with van der Waals surface area (Å²) < 4.78 is 17.6. The summed E-state index contributed by atoms with van der Waals surface area (Å²) >= 11 is 1.32. The van der Waals surface area contributed by atoms with Crippen LogP contribution in [0.15, 0.2) is 41.8 Å². The van der Waals surface area contributed by atoms with Crippen LogP contribution >= 0.6 is 11.3 Å². The molecule has 0 saturated carbocycles. The van der Waals surface area contributed by atoms with Gasteiger partial charge in [0.1, 0.15) is 5.82 Å². The second-order valence-corrected chi connectivity index (χ2v) is 5.91. The summed E-state index contributed by atoms with van der Waals surface area (Å²) in [6, 6.07) is 9.16. The van der Waals surface area contributed by atoms with Crippen molar-refractivity contribution in [2.45, 2.75) is 19.4 Å². The number of amides is 1. The average molecular weight is 349 g/mol. The van der Waals surface area contributed by atoms with Gasteiger partial charge in [-0.15, -0.1) is 11.3 Å². The molecule has 0 aliphatic heterocycles. The van der Waals surface area contributed by atoms with Gasteiger partial charge in [-0.1, -0.05) is 18.2 Å². The summed E-state index contributed by atoms with van der Waals surface area (Å²) in [6.07, 6.45) is -0.0154. The van der Waals surface area contributed by atoms with E-state index in [1.54, 1.807) is 29.6 Å². The number of hydrogen-bond acceptors (Lipinski definition) is 5. The van der Waals surface area contributed by atoms with Crippen molar-refractivity contribution in [3.63, 3.8) is 0 Å². The Labute approximate surface area is 142 Å². The Morgan fingerprint density at radius 3 is 2.50 bits per heavy atom. The zero-order valence-corrected chi connectivity index (χ0v) is 13.6. The molecule has 0 radical (unpaired) electrons. The van der Waals surface area contributed by atoms with Crippen molar-refractivity contribution in [1.82, 2.24) is 5.32 Å². The van der Waals surface area contributed by atoms with E-state index in [2.05, 4.69) is 5.32 Å². The Kier molecular flexibility index (Phi) is 6.62. The van der Waals surface area contributed by atoms with Crippen LogP contribution in [0.5, 0.6) is 0 Å². The molecule has 0 atom stereocenters. The highest BCUT2D eigenvalue weighted by Crippen LogP contribution is 2.12. The van der Waals surface area contributed by atoms with Crippen LogP contribution in [0.4, 0.5) is 4.39 Å². The number of benzene rings is 1. The van der Waals surface area contributed by atoms with Crippen LogP contribution in [-0.2, 0) is 20.9 Å². The smallest absolute Gasteiger partial charge is 0.306 e. The van der Waals surface area contributed by atoms with E-state index in [4.69, 9.17) is 4.74 Å². The average Bonchev–Trinajstić information content (AvgIpc) is 3.12. The van der Waals surface area contributed by atoms with E-state index in [0.717, 1.165) is 5.56 Å². The summed E-state index contributed by atoms with van der Waals surface area (Å²) in [5.41, 5.74) is 0.734. The second kappa shape index (κ2) is 8.93. The lowest BCUT2D eigenvalue weighted by molar-refractivity contribution is -0.148. The highest BCUT2D eigenvalue weighted by Gasteiger charge is 2.12. The van der Waals surface area contributed by atoms with Gasteiger partial charge < -0.3 is 10.1 Å². The van der Waals surface area contributed by atoms with Gasteiger partial charge in [0, 0.05) is 13.0 Å². The highest BCUT2D eigenvalue weighted by molar-refractivity contribution is 7.12. The second-order valence-electron chi connectivity index (χ2n) is 4.96. The normalized spacial score (nSPS) is 10.2. The number of nitrogens with one attached hydrogen (secondary N) is 1. The molecule has 1 aromatic carbocycles. The minimum absolute atomic E-state index is 0.0521. The van der Waals surface area contributed by atoms with Crippen LogP contribution in [0.2, 0.25) is 0 Å². The van der Waals surface area contributed by atoms with Gasteiger partial charge in [-0.3, -0.25) is 14.4 Å². The molecular formula is C17H16FNO4S. The molecule has 0 unspecified atom stereocenters. The number of thiophene rings is 1. The van der Waals surface area contributed by atoms with Gasteiger partial charge in [0.15, 0.2) is 12.4 Å². The number of carbonyl (C=O) groups is 3. The third-order valence-corrected chi connectivity index (χ3v) is 4.03. The number of ether oxygens (including phenoxy) is 1. The third-order valence-electron chi connectivity index (χ3n) is 3.12. The number of carbonyl (C=O) groups excluding carboxylic acids is 3. The Morgan fingerprint density at radius 1 is 1.08 bits per heavy atom. The van der Waals surface area contributed by atoms with Crippen LogP contribution in [-0.4, -0.2) is 24.3 Å². The fourth-order valence-corrected chi connectivity index (χ4v) is 2.54. The maximum Gasteiger partial charge on any atom is 0.306 e. The van der Waals surface area contributed by atoms with Gasteiger partial charge in [0.25, 0.3) is 5.91 Å². The van der Waals surface area contributed by atoms with Crippen LogP contribution in [0, 0.1) is 5.82 Å². The Morgan fingerprint density at radius 2 is 1.83 bits per heavy atom. The number of ketones is 1. The zero-order chi connectivity index (χ0) is 17.4. The van der Waals surface area contributed by atoms with E-state index in [-0.39, 0.29) is 31.0 Å². The number of halogens is 1. The first-order valence-corrected chi connectivity index (χ1v) is 8.16. The summed E-state index contributed by atoms with van der Waals surface area (Å²) in [6.45, 7) is -0.194. The predicted octanol–water partition coefficient (Wildman–Crippen LogP) is 2.71. The van der Waals surface area contributed by atoms with Gasteiger partial charge >= 0.3 is 5.97 Å². The molecule has 0 spiro atoms. The van der Waals surface area contributed by atoms with Crippen molar-refractivity contribution in [3.05, 3.63) is 58.0 Å². The molecular weight excluding hydrogens is 333 g/mol. The van der Waals surface area contributed by atoms with Crippen molar-refractivity contribution in [2.75, 3.05) is 6.61 Å². The molecule has 5 nitrogen and oxygen atoms in total. The minimum Gasteiger partial charge on any atom is -0.456 e. The fourth-order valence-electron chi connectivity index (χ4n) is 1.85. The lowest BCUT2D eigenvalue weighted by Gasteiger charge is -2.06. The van der Waals surface area contributed by atoms with Gasteiger partial charge in [0.05, 0.1) is 11.3 Å². The number of hydrogen-bond donors (Lipinski definition) is 1. The van der Waals surface area contributed by atoms with Crippen molar-refractivity contribution in [1.29, 1.82) is 0 Å². The number of rotatable bonds is 8. The van der Waals surface area contributed by atoms with E-state index in [0.29, 0.717) is 4.88 Å². The molecule has 1 aromatic heterocycles. The van der Waals surface area contributed by atoms with E-state index in [1.807, 2.05) is 0 Å². The molecule has 126 valence electrons. The molecule has 1 N–H and O–H groups in total. The molecule has 2 aromatic rings. The monoisotopic (exact) mass is 349 g/mol. The fraction of sp³-hybridized carbons (Fsp3) is 0.235.